The lowest BCUT2D eigenvalue weighted by atomic mass is 10.3. The maximum Gasteiger partial charge on any atom is 0.145 e. The number of aryl methyl sites for hydroxylation is 1. The van der Waals surface area contributed by atoms with Crippen molar-refractivity contribution >= 4 is 5.82 Å². The molecule has 0 saturated heterocycles. The van der Waals surface area contributed by atoms with E-state index in [1.54, 1.807) is 13.2 Å². The van der Waals surface area contributed by atoms with E-state index < -0.39 is 0 Å². The van der Waals surface area contributed by atoms with Crippen molar-refractivity contribution in [3.63, 3.8) is 0 Å². The van der Waals surface area contributed by atoms with Crippen LogP contribution in [0.1, 0.15) is 6.42 Å². The zero-order chi connectivity index (χ0) is 12.5. The van der Waals surface area contributed by atoms with Gasteiger partial charge in [0, 0.05) is 39.5 Å². The van der Waals surface area contributed by atoms with Crippen LogP contribution in [0, 0.1) is 0 Å². The number of methoxy groups -OCH3 is 1. The monoisotopic (exact) mass is 242 g/mol. The van der Waals surface area contributed by atoms with Gasteiger partial charge in [0.1, 0.15) is 5.82 Å². The van der Waals surface area contributed by atoms with E-state index in [0.717, 1.165) is 26.1 Å². The summed E-state index contributed by atoms with van der Waals surface area (Å²) in [6.45, 7) is 4.16. The molecule has 0 radical (unpaired) electrons. The molecule has 1 rings (SSSR count). The second kappa shape index (κ2) is 8.05. The van der Waals surface area contributed by atoms with Crippen molar-refractivity contribution < 1.29 is 9.84 Å². The van der Waals surface area contributed by atoms with E-state index >= 15 is 0 Å². The maximum absolute atomic E-state index is 8.94. The highest BCUT2D eigenvalue weighted by Crippen LogP contribution is 1.99. The van der Waals surface area contributed by atoms with E-state index in [4.69, 9.17) is 15.6 Å². The number of aliphatic hydroxyl groups is 1. The van der Waals surface area contributed by atoms with Gasteiger partial charge in [0.15, 0.2) is 0 Å². The molecule has 0 amide bonds. The smallest absolute Gasteiger partial charge is 0.145 e. The van der Waals surface area contributed by atoms with Gasteiger partial charge in [-0.2, -0.15) is 5.10 Å². The number of rotatable bonds is 9. The average molecular weight is 242 g/mol. The van der Waals surface area contributed by atoms with E-state index in [2.05, 4.69) is 10.00 Å². The van der Waals surface area contributed by atoms with Crippen LogP contribution in [-0.2, 0) is 11.3 Å². The van der Waals surface area contributed by atoms with Crippen LogP contribution in [0.5, 0.6) is 0 Å². The molecule has 0 spiro atoms. The molecule has 98 valence electrons. The van der Waals surface area contributed by atoms with Crippen LogP contribution >= 0.6 is 0 Å². The van der Waals surface area contributed by atoms with Crippen LogP contribution in [0.2, 0.25) is 0 Å². The van der Waals surface area contributed by atoms with Gasteiger partial charge in [-0.05, 0) is 12.5 Å². The fourth-order valence-corrected chi connectivity index (χ4v) is 1.66. The number of nitrogens with two attached hydrogens (primary N) is 1. The molecular formula is C11H22N4O2. The largest absolute Gasteiger partial charge is 0.395 e. The lowest BCUT2D eigenvalue weighted by Crippen LogP contribution is -2.31. The molecule has 0 bridgehead atoms. The van der Waals surface area contributed by atoms with Gasteiger partial charge in [0.05, 0.1) is 13.2 Å². The molecule has 1 aromatic rings. The highest BCUT2D eigenvalue weighted by atomic mass is 16.5. The number of aromatic nitrogens is 2. The topological polar surface area (TPSA) is 76.5 Å². The third-order valence-corrected chi connectivity index (χ3v) is 2.55. The highest BCUT2D eigenvalue weighted by molar-refractivity contribution is 5.23. The van der Waals surface area contributed by atoms with Gasteiger partial charge in [-0.25, -0.2) is 0 Å². The lowest BCUT2D eigenvalue weighted by Gasteiger charge is -2.20. The first-order chi connectivity index (χ1) is 8.26. The van der Waals surface area contributed by atoms with Crippen molar-refractivity contribution in [3.05, 3.63) is 12.3 Å². The second-order valence-corrected chi connectivity index (χ2v) is 3.92. The van der Waals surface area contributed by atoms with Gasteiger partial charge >= 0.3 is 0 Å². The number of hydrogen-bond donors (Lipinski definition) is 2. The van der Waals surface area contributed by atoms with Crippen LogP contribution in [0.3, 0.4) is 0 Å². The van der Waals surface area contributed by atoms with E-state index in [0.29, 0.717) is 19.0 Å². The van der Waals surface area contributed by atoms with Gasteiger partial charge in [-0.3, -0.25) is 9.58 Å². The summed E-state index contributed by atoms with van der Waals surface area (Å²) in [5.41, 5.74) is 5.53. The third-order valence-electron chi connectivity index (χ3n) is 2.55. The molecule has 0 aliphatic heterocycles. The van der Waals surface area contributed by atoms with Crippen LogP contribution in [0.15, 0.2) is 12.3 Å². The molecule has 0 fully saturated rings. The average Bonchev–Trinajstić information content (AvgIpc) is 2.72. The van der Waals surface area contributed by atoms with E-state index in [9.17, 15) is 0 Å². The quantitative estimate of drug-likeness (QED) is 0.627. The van der Waals surface area contributed by atoms with Crippen LogP contribution in [0.25, 0.3) is 0 Å². The molecule has 0 aliphatic rings. The summed E-state index contributed by atoms with van der Waals surface area (Å²) in [7, 11) is 1.68. The summed E-state index contributed by atoms with van der Waals surface area (Å²) >= 11 is 0. The van der Waals surface area contributed by atoms with Crippen molar-refractivity contribution in [3.8, 4) is 0 Å². The zero-order valence-corrected chi connectivity index (χ0v) is 10.4. The molecule has 1 heterocycles. The van der Waals surface area contributed by atoms with E-state index in [-0.39, 0.29) is 6.61 Å². The van der Waals surface area contributed by atoms with Gasteiger partial charge in [-0.15, -0.1) is 0 Å². The summed E-state index contributed by atoms with van der Waals surface area (Å²) in [4.78, 5) is 2.18. The molecule has 0 aliphatic carbocycles. The number of nitrogens with zero attached hydrogens (tertiary/aromatic N) is 3. The Labute approximate surface area is 102 Å². The molecule has 0 saturated carbocycles. The molecule has 17 heavy (non-hydrogen) atoms. The van der Waals surface area contributed by atoms with Gasteiger partial charge in [-0.1, -0.05) is 0 Å². The van der Waals surface area contributed by atoms with Gasteiger partial charge < -0.3 is 15.6 Å². The SMILES string of the molecule is COCCN(CCO)CCCn1ccc(N)n1. The highest BCUT2D eigenvalue weighted by Gasteiger charge is 2.04. The van der Waals surface area contributed by atoms with Crippen LogP contribution in [-0.4, -0.2) is 59.7 Å². The van der Waals surface area contributed by atoms with Crippen molar-refractivity contribution in [2.75, 3.05) is 45.7 Å². The first-order valence-electron chi connectivity index (χ1n) is 5.87. The summed E-state index contributed by atoms with van der Waals surface area (Å²) in [6, 6.07) is 1.79. The predicted molar refractivity (Wildman–Crippen MR) is 66.7 cm³/mol. The maximum atomic E-state index is 8.94. The standard InChI is InChI=1S/C11H22N4O2/c1-17-10-8-14(7-9-16)4-2-5-15-6-3-11(12)13-15/h3,6,16H,2,4-5,7-10H2,1H3,(H2,12,13). The number of aliphatic hydroxyl groups excluding tert-OH is 1. The van der Waals surface area contributed by atoms with E-state index in [1.165, 1.54) is 0 Å². The third kappa shape index (κ3) is 5.67. The second-order valence-electron chi connectivity index (χ2n) is 3.92. The Morgan fingerprint density at radius 3 is 2.88 bits per heavy atom. The molecule has 0 aromatic carbocycles. The Balaban J connectivity index is 2.21. The fourth-order valence-electron chi connectivity index (χ4n) is 1.66. The van der Waals surface area contributed by atoms with Crippen molar-refractivity contribution in [2.45, 2.75) is 13.0 Å². The Hall–Kier alpha value is -1.11. The Kier molecular flexibility index (Phi) is 6.61. The normalized spacial score (nSPS) is 11.2. The summed E-state index contributed by atoms with van der Waals surface area (Å²) < 4.78 is 6.87. The van der Waals surface area contributed by atoms with Crippen LogP contribution in [0.4, 0.5) is 5.82 Å². The van der Waals surface area contributed by atoms with Crippen molar-refractivity contribution in [2.24, 2.45) is 0 Å². The van der Waals surface area contributed by atoms with Gasteiger partial charge in [0.25, 0.3) is 0 Å². The van der Waals surface area contributed by atoms with Crippen molar-refractivity contribution in [1.82, 2.24) is 14.7 Å². The molecule has 0 unspecified atom stereocenters. The minimum Gasteiger partial charge on any atom is -0.395 e. The molecule has 0 atom stereocenters. The summed E-state index contributed by atoms with van der Waals surface area (Å²) in [5, 5.41) is 13.1. The summed E-state index contributed by atoms with van der Waals surface area (Å²) in [5.74, 6) is 0.552. The molecule has 3 N–H and O–H groups in total. The first-order valence-corrected chi connectivity index (χ1v) is 5.87. The summed E-state index contributed by atoms with van der Waals surface area (Å²) in [6.07, 6.45) is 2.85. The van der Waals surface area contributed by atoms with E-state index in [1.807, 2.05) is 10.9 Å². The number of anilines is 1. The lowest BCUT2D eigenvalue weighted by molar-refractivity contribution is 0.129. The predicted octanol–water partition coefficient (Wildman–Crippen LogP) is -0.204. The molecule has 6 heteroatoms. The number of ether oxygens (including phenoxy) is 1. The molecule has 6 nitrogen and oxygen atoms in total. The first kappa shape index (κ1) is 14.0. The van der Waals surface area contributed by atoms with Crippen molar-refractivity contribution in [1.29, 1.82) is 0 Å². The minimum absolute atomic E-state index is 0.179. The molecular weight excluding hydrogens is 220 g/mol. The number of hydrogen-bond acceptors (Lipinski definition) is 5. The number of nitrogen functional groups attached to an aromatic ring is 1. The van der Waals surface area contributed by atoms with Crippen LogP contribution < -0.4 is 5.73 Å². The van der Waals surface area contributed by atoms with Gasteiger partial charge in [0.2, 0.25) is 0 Å². The minimum atomic E-state index is 0.179. The fraction of sp³-hybridized carbons (Fsp3) is 0.727. The Bertz CT molecular complexity index is 303. The Morgan fingerprint density at radius 2 is 2.29 bits per heavy atom. The zero-order valence-electron chi connectivity index (χ0n) is 10.4. The Morgan fingerprint density at radius 1 is 1.47 bits per heavy atom. The molecule has 1 aromatic heterocycles.